The molecule has 2 nitrogen and oxygen atoms in total. The SMILES string of the molecule is CC(C)(C)c1cc2nc(Cl)ccc2[nH]1. The first-order chi connectivity index (χ1) is 6.47. The van der Waals surface area contributed by atoms with Crippen LogP contribution in [0, 0.1) is 0 Å². The van der Waals surface area contributed by atoms with E-state index in [4.69, 9.17) is 11.6 Å². The fourth-order valence-corrected chi connectivity index (χ4v) is 1.54. The second kappa shape index (κ2) is 2.99. The van der Waals surface area contributed by atoms with E-state index in [-0.39, 0.29) is 5.41 Å². The average Bonchev–Trinajstić information content (AvgIpc) is 2.45. The number of hydrogen-bond acceptors (Lipinski definition) is 1. The van der Waals surface area contributed by atoms with Gasteiger partial charge < -0.3 is 4.98 Å². The highest BCUT2D eigenvalue weighted by Gasteiger charge is 2.16. The van der Waals surface area contributed by atoms with Crippen LogP contribution in [0.5, 0.6) is 0 Å². The van der Waals surface area contributed by atoms with Gasteiger partial charge in [0.1, 0.15) is 5.15 Å². The Labute approximate surface area is 88.3 Å². The van der Waals surface area contributed by atoms with Crippen LogP contribution in [0.2, 0.25) is 5.15 Å². The van der Waals surface area contributed by atoms with E-state index in [9.17, 15) is 0 Å². The van der Waals surface area contributed by atoms with Crippen LogP contribution in [0.15, 0.2) is 18.2 Å². The second-order valence-electron chi connectivity index (χ2n) is 4.50. The molecule has 0 bridgehead atoms. The molecule has 74 valence electrons. The van der Waals surface area contributed by atoms with E-state index in [1.807, 2.05) is 6.07 Å². The van der Waals surface area contributed by atoms with Crippen molar-refractivity contribution in [1.82, 2.24) is 9.97 Å². The Morgan fingerprint density at radius 2 is 2.00 bits per heavy atom. The van der Waals surface area contributed by atoms with Crippen LogP contribution in [0.25, 0.3) is 11.0 Å². The predicted molar refractivity (Wildman–Crippen MR) is 59.8 cm³/mol. The summed E-state index contributed by atoms with van der Waals surface area (Å²) in [5, 5.41) is 0.539. The highest BCUT2D eigenvalue weighted by molar-refractivity contribution is 6.29. The molecule has 0 saturated carbocycles. The number of fused-ring (bicyclic) bond motifs is 1. The Bertz CT molecular complexity index is 466. The normalized spacial score (nSPS) is 12.3. The summed E-state index contributed by atoms with van der Waals surface area (Å²) in [5.41, 5.74) is 3.27. The Morgan fingerprint density at radius 1 is 1.29 bits per heavy atom. The molecule has 2 heterocycles. The molecule has 1 N–H and O–H groups in total. The molecule has 0 atom stereocenters. The van der Waals surface area contributed by atoms with Gasteiger partial charge in [0.25, 0.3) is 0 Å². The molecular formula is C11H13ClN2. The summed E-state index contributed by atoms with van der Waals surface area (Å²) >= 11 is 5.82. The van der Waals surface area contributed by atoms with Crippen LogP contribution in [-0.2, 0) is 5.41 Å². The fourth-order valence-electron chi connectivity index (χ4n) is 1.39. The topological polar surface area (TPSA) is 28.7 Å². The van der Waals surface area contributed by atoms with Crippen LogP contribution >= 0.6 is 11.6 Å². The summed E-state index contributed by atoms with van der Waals surface area (Å²) in [6, 6.07) is 5.81. The monoisotopic (exact) mass is 208 g/mol. The Hall–Kier alpha value is -1.02. The third kappa shape index (κ3) is 1.62. The van der Waals surface area contributed by atoms with Gasteiger partial charge in [-0.2, -0.15) is 0 Å². The molecule has 0 spiro atoms. The first-order valence-electron chi connectivity index (χ1n) is 4.62. The lowest BCUT2D eigenvalue weighted by Gasteiger charge is -2.15. The van der Waals surface area contributed by atoms with E-state index in [0.717, 1.165) is 11.0 Å². The highest BCUT2D eigenvalue weighted by atomic mass is 35.5. The molecule has 2 aromatic heterocycles. The van der Waals surface area contributed by atoms with Gasteiger partial charge in [-0.25, -0.2) is 4.98 Å². The van der Waals surface area contributed by atoms with Crippen LogP contribution < -0.4 is 0 Å². The van der Waals surface area contributed by atoms with Gasteiger partial charge in [-0.3, -0.25) is 0 Å². The van der Waals surface area contributed by atoms with E-state index >= 15 is 0 Å². The van der Waals surface area contributed by atoms with Crippen molar-refractivity contribution in [2.45, 2.75) is 26.2 Å². The number of nitrogens with one attached hydrogen (secondary N) is 1. The Balaban J connectivity index is 2.63. The lowest BCUT2D eigenvalue weighted by atomic mass is 9.93. The van der Waals surface area contributed by atoms with Crippen molar-refractivity contribution in [3.8, 4) is 0 Å². The molecule has 0 amide bonds. The van der Waals surface area contributed by atoms with Crippen molar-refractivity contribution in [3.05, 3.63) is 29.0 Å². The van der Waals surface area contributed by atoms with Crippen molar-refractivity contribution >= 4 is 22.6 Å². The fraction of sp³-hybridized carbons (Fsp3) is 0.364. The number of H-pyrrole nitrogens is 1. The first kappa shape index (κ1) is 9.53. The summed E-state index contributed by atoms with van der Waals surface area (Å²) in [6.07, 6.45) is 0. The maximum atomic E-state index is 5.82. The first-order valence-corrected chi connectivity index (χ1v) is 5.00. The minimum absolute atomic E-state index is 0.118. The molecule has 14 heavy (non-hydrogen) atoms. The molecule has 2 aromatic rings. The van der Waals surface area contributed by atoms with Crippen molar-refractivity contribution < 1.29 is 0 Å². The van der Waals surface area contributed by atoms with Crippen molar-refractivity contribution in [1.29, 1.82) is 0 Å². The zero-order valence-corrected chi connectivity index (χ0v) is 9.31. The number of rotatable bonds is 0. The maximum absolute atomic E-state index is 5.82. The van der Waals surface area contributed by atoms with E-state index < -0.39 is 0 Å². The number of pyridine rings is 1. The Kier molecular flexibility index (Phi) is 2.04. The van der Waals surface area contributed by atoms with Crippen LogP contribution in [0.1, 0.15) is 26.5 Å². The maximum Gasteiger partial charge on any atom is 0.129 e. The third-order valence-corrected chi connectivity index (χ3v) is 2.46. The number of nitrogens with zero attached hydrogens (tertiary/aromatic N) is 1. The average molecular weight is 209 g/mol. The van der Waals surface area contributed by atoms with Gasteiger partial charge in [0.15, 0.2) is 0 Å². The molecule has 0 fully saturated rings. The highest BCUT2D eigenvalue weighted by Crippen LogP contribution is 2.25. The van der Waals surface area contributed by atoms with Crippen molar-refractivity contribution in [2.75, 3.05) is 0 Å². The molecule has 0 aliphatic heterocycles. The molecule has 0 aliphatic carbocycles. The summed E-state index contributed by atoms with van der Waals surface area (Å²) in [5.74, 6) is 0. The summed E-state index contributed by atoms with van der Waals surface area (Å²) in [6.45, 7) is 6.50. The van der Waals surface area contributed by atoms with Gasteiger partial charge in [-0.1, -0.05) is 32.4 Å². The van der Waals surface area contributed by atoms with Crippen LogP contribution in [-0.4, -0.2) is 9.97 Å². The minimum Gasteiger partial charge on any atom is -0.357 e. The number of halogens is 1. The zero-order chi connectivity index (χ0) is 10.3. The number of aromatic nitrogens is 2. The molecule has 3 heteroatoms. The summed E-state index contributed by atoms with van der Waals surface area (Å²) in [7, 11) is 0. The van der Waals surface area contributed by atoms with Crippen molar-refractivity contribution in [2.24, 2.45) is 0 Å². The predicted octanol–water partition coefficient (Wildman–Crippen LogP) is 3.51. The third-order valence-electron chi connectivity index (χ3n) is 2.25. The standard InChI is InChI=1S/C11H13ClN2/c1-11(2,3)9-6-8-7(13-9)4-5-10(12)14-8/h4-6,13H,1-3H3. The second-order valence-corrected chi connectivity index (χ2v) is 4.89. The van der Waals surface area contributed by atoms with E-state index in [1.54, 1.807) is 6.07 Å². The molecule has 0 saturated heterocycles. The number of hydrogen-bond donors (Lipinski definition) is 1. The van der Waals surface area contributed by atoms with Gasteiger partial charge in [0.05, 0.1) is 11.0 Å². The van der Waals surface area contributed by atoms with Gasteiger partial charge >= 0.3 is 0 Å². The molecule has 0 radical (unpaired) electrons. The largest absolute Gasteiger partial charge is 0.357 e. The van der Waals surface area contributed by atoms with Crippen LogP contribution in [0.3, 0.4) is 0 Å². The quantitative estimate of drug-likeness (QED) is 0.660. The van der Waals surface area contributed by atoms with E-state index in [1.165, 1.54) is 5.69 Å². The molecule has 2 rings (SSSR count). The van der Waals surface area contributed by atoms with E-state index in [0.29, 0.717) is 5.15 Å². The van der Waals surface area contributed by atoms with Gasteiger partial charge in [-0.15, -0.1) is 0 Å². The van der Waals surface area contributed by atoms with E-state index in [2.05, 4.69) is 36.8 Å². The molecule has 0 aliphatic rings. The van der Waals surface area contributed by atoms with Crippen LogP contribution in [0.4, 0.5) is 0 Å². The summed E-state index contributed by atoms with van der Waals surface area (Å²) < 4.78 is 0. The smallest absolute Gasteiger partial charge is 0.129 e. The molecule has 0 aromatic carbocycles. The van der Waals surface area contributed by atoms with Gasteiger partial charge in [0.2, 0.25) is 0 Å². The van der Waals surface area contributed by atoms with Gasteiger partial charge in [-0.05, 0) is 18.2 Å². The lowest BCUT2D eigenvalue weighted by molar-refractivity contribution is 0.574. The molecular weight excluding hydrogens is 196 g/mol. The molecule has 0 unspecified atom stereocenters. The number of aromatic amines is 1. The Morgan fingerprint density at radius 3 is 2.64 bits per heavy atom. The zero-order valence-electron chi connectivity index (χ0n) is 8.56. The van der Waals surface area contributed by atoms with Crippen molar-refractivity contribution in [3.63, 3.8) is 0 Å². The summed E-state index contributed by atoms with van der Waals surface area (Å²) in [4.78, 5) is 7.59. The van der Waals surface area contributed by atoms with Gasteiger partial charge in [0, 0.05) is 11.1 Å². The lowest BCUT2D eigenvalue weighted by Crippen LogP contribution is -2.10. The minimum atomic E-state index is 0.118.